The van der Waals surface area contributed by atoms with Crippen molar-refractivity contribution in [3.8, 4) is 5.75 Å². The summed E-state index contributed by atoms with van der Waals surface area (Å²) in [7, 11) is -2.35. The fourth-order valence-corrected chi connectivity index (χ4v) is 5.91. The molecule has 1 atom stereocenters. The van der Waals surface area contributed by atoms with Crippen molar-refractivity contribution in [1.29, 1.82) is 0 Å². The molecule has 0 saturated carbocycles. The first-order chi connectivity index (χ1) is 17.3. The van der Waals surface area contributed by atoms with Crippen molar-refractivity contribution in [3.05, 3.63) is 53.1 Å². The second-order valence-electron chi connectivity index (χ2n) is 9.75. The number of alkyl halides is 2. The summed E-state index contributed by atoms with van der Waals surface area (Å²) in [6, 6.07) is 5.16. The number of benzene rings is 2. The average molecular weight is 541 g/mol. The maximum atomic E-state index is 14.7. The number of amides is 2. The Kier molecular flexibility index (Phi) is 8.62. The molecule has 0 aliphatic carbocycles. The average Bonchev–Trinajstić information content (AvgIpc) is 2.78. The van der Waals surface area contributed by atoms with Crippen LogP contribution in [0.2, 0.25) is 19.6 Å². The minimum absolute atomic E-state index is 0.00434. The third-order valence-corrected chi connectivity index (χ3v) is 7.88. The third kappa shape index (κ3) is 6.88. The zero-order valence-corrected chi connectivity index (χ0v) is 21.6. The molecule has 0 radical (unpaired) electrons. The van der Waals surface area contributed by atoms with Crippen LogP contribution in [0.25, 0.3) is 0 Å². The Hall–Kier alpha value is -3.41. The summed E-state index contributed by atoms with van der Waals surface area (Å²) in [6.07, 6.45) is -3.20. The van der Waals surface area contributed by atoms with Crippen LogP contribution in [-0.4, -0.2) is 55.4 Å². The fraction of sp³-hybridized carbons (Fsp3) is 0.400. The lowest BCUT2D eigenvalue weighted by molar-refractivity contribution is -0.143. The zero-order valence-electron chi connectivity index (χ0n) is 20.6. The number of nitrogens with zero attached hydrogens (tertiary/aromatic N) is 1. The highest BCUT2D eigenvalue weighted by molar-refractivity contribution is 6.88. The molecule has 0 fully saturated rings. The van der Waals surface area contributed by atoms with E-state index in [2.05, 4.69) is 5.32 Å². The molecule has 2 N–H and O–H groups in total. The smallest absolute Gasteiger partial charge is 0.303 e. The summed E-state index contributed by atoms with van der Waals surface area (Å²) in [5, 5.41) is 11.4. The number of carboxylic acids is 1. The summed E-state index contributed by atoms with van der Waals surface area (Å²) in [5.41, 5.74) is 0.807. The van der Waals surface area contributed by atoms with E-state index in [1.54, 1.807) is 19.6 Å². The number of carbonyl (C=O) groups is 3. The van der Waals surface area contributed by atoms with Gasteiger partial charge < -0.3 is 20.1 Å². The molecule has 3 rings (SSSR count). The van der Waals surface area contributed by atoms with Crippen molar-refractivity contribution < 1.29 is 41.8 Å². The highest BCUT2D eigenvalue weighted by atomic mass is 28.3. The fourth-order valence-electron chi connectivity index (χ4n) is 4.33. The number of hydrogen-bond donors (Lipinski definition) is 2. The first-order valence-electron chi connectivity index (χ1n) is 11.6. The van der Waals surface area contributed by atoms with Gasteiger partial charge in [0.2, 0.25) is 5.91 Å². The van der Waals surface area contributed by atoms with Crippen molar-refractivity contribution in [2.24, 2.45) is 0 Å². The molecular formula is C25H28F4N2O5Si. The number of halogens is 4. The Labute approximate surface area is 212 Å². The van der Waals surface area contributed by atoms with Crippen LogP contribution >= 0.6 is 0 Å². The molecule has 37 heavy (non-hydrogen) atoms. The van der Waals surface area contributed by atoms with Gasteiger partial charge in [0.1, 0.15) is 30.0 Å². The lowest BCUT2D eigenvalue weighted by atomic mass is 9.91. The van der Waals surface area contributed by atoms with Crippen LogP contribution < -0.4 is 15.2 Å². The monoisotopic (exact) mass is 540 g/mol. The molecule has 1 heterocycles. The molecule has 0 aromatic heterocycles. The maximum absolute atomic E-state index is 14.7. The Morgan fingerprint density at radius 2 is 1.76 bits per heavy atom. The van der Waals surface area contributed by atoms with E-state index in [-0.39, 0.29) is 36.0 Å². The summed E-state index contributed by atoms with van der Waals surface area (Å²) in [5.74, 6) is -3.93. The minimum Gasteiger partial charge on any atom is -0.488 e. The molecule has 0 spiro atoms. The van der Waals surface area contributed by atoms with Gasteiger partial charge >= 0.3 is 5.97 Å². The summed E-state index contributed by atoms with van der Waals surface area (Å²) >= 11 is 0. The predicted octanol–water partition coefficient (Wildman–Crippen LogP) is 4.08. The van der Waals surface area contributed by atoms with E-state index in [0.29, 0.717) is 11.1 Å². The van der Waals surface area contributed by atoms with Crippen molar-refractivity contribution in [2.45, 2.75) is 51.4 Å². The van der Waals surface area contributed by atoms with Crippen LogP contribution in [0.3, 0.4) is 0 Å². The van der Waals surface area contributed by atoms with E-state index in [0.717, 1.165) is 12.1 Å². The van der Waals surface area contributed by atoms with Gasteiger partial charge in [-0.05, 0) is 41.8 Å². The topological polar surface area (TPSA) is 95.9 Å². The normalized spacial score (nSPS) is 15.4. The first kappa shape index (κ1) is 28.2. The third-order valence-electron chi connectivity index (χ3n) is 5.90. The molecule has 2 aromatic rings. The van der Waals surface area contributed by atoms with Gasteiger partial charge in [0.25, 0.3) is 12.3 Å². The Bertz CT molecular complexity index is 1180. The van der Waals surface area contributed by atoms with Gasteiger partial charge in [0.15, 0.2) is 0 Å². The van der Waals surface area contributed by atoms with Crippen LogP contribution in [0.5, 0.6) is 5.75 Å². The molecule has 0 unspecified atom stereocenters. The Morgan fingerprint density at radius 3 is 2.32 bits per heavy atom. The molecule has 0 saturated heterocycles. The summed E-state index contributed by atoms with van der Waals surface area (Å²) in [6.45, 7) is 4.58. The maximum Gasteiger partial charge on any atom is 0.303 e. The molecule has 1 aliphatic heterocycles. The molecule has 1 aliphatic rings. The van der Waals surface area contributed by atoms with Crippen LogP contribution in [0, 0.1) is 11.6 Å². The van der Waals surface area contributed by atoms with Crippen LogP contribution in [0.1, 0.15) is 30.0 Å². The number of ether oxygens (including phenoxy) is 1. The largest absolute Gasteiger partial charge is 0.488 e. The zero-order chi connectivity index (χ0) is 27.5. The second kappa shape index (κ2) is 11.3. The molecule has 200 valence electrons. The Balaban J connectivity index is 1.95. The highest BCUT2D eigenvalue weighted by Crippen LogP contribution is 2.34. The highest BCUT2D eigenvalue weighted by Gasteiger charge is 2.36. The first-order valence-corrected chi connectivity index (χ1v) is 15.1. The van der Waals surface area contributed by atoms with Crippen molar-refractivity contribution in [1.82, 2.24) is 4.90 Å². The van der Waals surface area contributed by atoms with Gasteiger partial charge in [0.05, 0.1) is 14.5 Å². The number of nitrogens with one attached hydrogen (secondary N) is 1. The molecular weight excluding hydrogens is 512 g/mol. The van der Waals surface area contributed by atoms with Gasteiger partial charge in [0, 0.05) is 23.8 Å². The van der Waals surface area contributed by atoms with E-state index in [9.17, 15) is 31.9 Å². The van der Waals surface area contributed by atoms with E-state index in [1.165, 1.54) is 23.1 Å². The van der Waals surface area contributed by atoms with Gasteiger partial charge in [-0.3, -0.25) is 14.4 Å². The number of fused-ring (bicyclic) bond motifs is 1. The van der Waals surface area contributed by atoms with Crippen LogP contribution in [0.4, 0.5) is 23.2 Å². The lowest BCUT2D eigenvalue weighted by Gasteiger charge is -2.36. The number of carbonyl (C=O) groups excluding carboxylic acids is 2. The van der Waals surface area contributed by atoms with E-state index in [4.69, 9.17) is 9.84 Å². The molecule has 7 nitrogen and oxygen atoms in total. The number of hydrogen-bond acceptors (Lipinski definition) is 4. The lowest BCUT2D eigenvalue weighted by Crippen LogP contribution is -2.45. The molecule has 0 bridgehead atoms. The SMILES string of the molecule is C[Si](C)(C)c1c(F)cc(NC(=O)[C@H]2c3ccc(OCC(F)F)cc3CCN2C(=O)CCC(=O)O)cc1F. The second-order valence-corrected chi connectivity index (χ2v) is 14.8. The number of aliphatic carboxylic acids is 1. The van der Waals surface area contributed by atoms with Crippen LogP contribution in [0.15, 0.2) is 30.3 Å². The van der Waals surface area contributed by atoms with Crippen molar-refractivity contribution in [3.63, 3.8) is 0 Å². The predicted molar refractivity (Wildman–Crippen MR) is 131 cm³/mol. The standard InChI is InChI=1S/C25H28F4N2O5Si/c1-37(2,3)24-18(26)11-15(12-19(24)27)30-25(35)23-17-5-4-16(36-13-20(28)29)10-14(17)8-9-31(23)21(32)6-7-22(33)34/h4-5,10-12,20,23H,6-9,13H2,1-3H3,(H,30,35)(H,33,34)/t23-/m1/s1. The van der Waals surface area contributed by atoms with E-state index < -0.39 is 63.0 Å². The minimum atomic E-state index is -2.68. The van der Waals surface area contributed by atoms with Crippen molar-refractivity contribution >= 4 is 36.7 Å². The van der Waals surface area contributed by atoms with Gasteiger partial charge in [-0.2, -0.15) is 0 Å². The van der Waals surface area contributed by atoms with Gasteiger partial charge in [-0.15, -0.1) is 0 Å². The number of rotatable bonds is 9. The van der Waals surface area contributed by atoms with E-state index in [1.807, 2.05) is 0 Å². The quantitative estimate of drug-likeness (QED) is 0.369. The molecule has 12 heteroatoms. The van der Waals surface area contributed by atoms with Crippen LogP contribution in [-0.2, 0) is 20.8 Å². The molecule has 2 amide bonds. The van der Waals surface area contributed by atoms with Gasteiger partial charge in [-0.25, -0.2) is 17.6 Å². The number of anilines is 1. The summed E-state index contributed by atoms with van der Waals surface area (Å²) < 4.78 is 59.6. The Morgan fingerprint density at radius 1 is 1.11 bits per heavy atom. The summed E-state index contributed by atoms with van der Waals surface area (Å²) in [4.78, 5) is 38.4. The number of carboxylic acid groups (broad SMARTS) is 1. The molecule has 2 aromatic carbocycles. The van der Waals surface area contributed by atoms with Gasteiger partial charge in [-0.1, -0.05) is 25.7 Å². The van der Waals surface area contributed by atoms with E-state index >= 15 is 0 Å². The van der Waals surface area contributed by atoms with Crippen molar-refractivity contribution in [2.75, 3.05) is 18.5 Å².